The molecular weight excluding hydrogens is 290 g/mol. The number of aliphatic hydroxyl groups is 5. The molecule has 5 atom stereocenters. The van der Waals surface area contributed by atoms with Crippen LogP contribution in [0.4, 0.5) is 0 Å². The number of nitrogens with one attached hydrogen (secondary N) is 1. The number of carbonyl (C=O) groups is 3. The van der Waals surface area contributed by atoms with Crippen LogP contribution < -0.4 is 5.32 Å². The standard InChI is InChI=1S/C11H19NO9/c1-4(14)12-8(5(15)2-6(16)11(20)21)10(19)9(18)7(17)3-13/h5,7-10,13,15,17-19H,2-3H2,1H3,(H,12,14)(H,20,21)/t5-,7+,8-,9-,10+/m1/s1. The highest BCUT2D eigenvalue weighted by Gasteiger charge is 2.37. The number of hydrogen-bond donors (Lipinski definition) is 7. The van der Waals surface area contributed by atoms with Gasteiger partial charge in [-0.05, 0) is 0 Å². The minimum atomic E-state index is -1.94. The predicted molar refractivity (Wildman–Crippen MR) is 66.0 cm³/mol. The average Bonchev–Trinajstić information content (AvgIpc) is 2.41. The Morgan fingerprint density at radius 2 is 1.52 bits per heavy atom. The lowest BCUT2D eigenvalue weighted by atomic mass is 9.94. The normalized spacial score (nSPS) is 18.2. The molecule has 0 aliphatic rings. The second kappa shape index (κ2) is 8.64. The van der Waals surface area contributed by atoms with E-state index >= 15 is 0 Å². The Bertz CT molecular complexity index is 386. The van der Waals surface area contributed by atoms with Crippen molar-refractivity contribution in [2.24, 2.45) is 0 Å². The van der Waals surface area contributed by atoms with Crippen LogP contribution >= 0.6 is 0 Å². The summed E-state index contributed by atoms with van der Waals surface area (Å²) in [5, 5.41) is 57.4. The molecule has 0 fully saturated rings. The van der Waals surface area contributed by atoms with Gasteiger partial charge >= 0.3 is 5.97 Å². The van der Waals surface area contributed by atoms with Crippen molar-refractivity contribution in [1.82, 2.24) is 5.32 Å². The van der Waals surface area contributed by atoms with Crippen LogP contribution in [-0.4, -0.2) is 85.4 Å². The van der Waals surface area contributed by atoms with Gasteiger partial charge in [-0.3, -0.25) is 9.59 Å². The number of carboxylic acids is 1. The van der Waals surface area contributed by atoms with Gasteiger partial charge < -0.3 is 36.0 Å². The molecule has 0 aliphatic heterocycles. The van der Waals surface area contributed by atoms with Crippen molar-refractivity contribution in [3.05, 3.63) is 0 Å². The first kappa shape index (κ1) is 19.4. The fourth-order valence-corrected chi connectivity index (χ4v) is 1.60. The lowest BCUT2D eigenvalue weighted by molar-refractivity contribution is -0.151. The maximum absolute atomic E-state index is 11.0. The fraction of sp³-hybridized carbons (Fsp3) is 0.727. The second-order valence-electron chi connectivity index (χ2n) is 4.46. The Balaban J connectivity index is 5.04. The van der Waals surface area contributed by atoms with Gasteiger partial charge in [0, 0.05) is 13.3 Å². The molecule has 10 nitrogen and oxygen atoms in total. The number of hydrogen-bond acceptors (Lipinski definition) is 8. The van der Waals surface area contributed by atoms with E-state index in [0.29, 0.717) is 0 Å². The van der Waals surface area contributed by atoms with Gasteiger partial charge in [-0.2, -0.15) is 0 Å². The molecule has 21 heavy (non-hydrogen) atoms. The van der Waals surface area contributed by atoms with E-state index in [4.69, 9.17) is 10.2 Å². The van der Waals surface area contributed by atoms with Crippen LogP contribution in [0.25, 0.3) is 0 Å². The van der Waals surface area contributed by atoms with E-state index < -0.39 is 61.1 Å². The summed E-state index contributed by atoms with van der Waals surface area (Å²) < 4.78 is 0. The monoisotopic (exact) mass is 309 g/mol. The summed E-state index contributed by atoms with van der Waals surface area (Å²) >= 11 is 0. The molecule has 0 aliphatic carbocycles. The summed E-state index contributed by atoms with van der Waals surface area (Å²) in [5.41, 5.74) is 0. The first-order valence-electron chi connectivity index (χ1n) is 5.98. The number of rotatable bonds is 9. The van der Waals surface area contributed by atoms with Crippen LogP contribution in [0.3, 0.4) is 0 Å². The summed E-state index contributed by atoms with van der Waals surface area (Å²) in [6, 6.07) is -1.61. The molecule has 0 heterocycles. The topological polar surface area (TPSA) is 185 Å². The molecule has 0 spiro atoms. The highest BCUT2D eigenvalue weighted by atomic mass is 16.4. The van der Waals surface area contributed by atoms with Crippen molar-refractivity contribution in [3.63, 3.8) is 0 Å². The van der Waals surface area contributed by atoms with Gasteiger partial charge in [-0.1, -0.05) is 0 Å². The third kappa shape index (κ3) is 6.14. The second-order valence-corrected chi connectivity index (χ2v) is 4.46. The highest BCUT2D eigenvalue weighted by molar-refractivity contribution is 6.32. The number of carbonyl (C=O) groups excluding carboxylic acids is 2. The summed E-state index contributed by atoms with van der Waals surface area (Å²) in [5.74, 6) is -3.89. The van der Waals surface area contributed by atoms with Gasteiger partial charge in [-0.25, -0.2) is 4.79 Å². The van der Waals surface area contributed by atoms with Crippen molar-refractivity contribution < 1.29 is 45.0 Å². The minimum Gasteiger partial charge on any atom is -0.475 e. The number of Topliss-reactive ketones (excluding diaryl/α,β-unsaturated/α-hetero) is 1. The Labute approximate surface area is 119 Å². The molecule has 0 radical (unpaired) electrons. The number of aliphatic hydroxyl groups excluding tert-OH is 5. The lowest BCUT2D eigenvalue weighted by Crippen LogP contribution is -2.57. The van der Waals surface area contributed by atoms with Gasteiger partial charge in [0.15, 0.2) is 0 Å². The van der Waals surface area contributed by atoms with E-state index in [1.165, 1.54) is 0 Å². The van der Waals surface area contributed by atoms with Crippen molar-refractivity contribution in [3.8, 4) is 0 Å². The minimum absolute atomic E-state index is 0.730. The Morgan fingerprint density at radius 1 is 1.00 bits per heavy atom. The quantitative estimate of drug-likeness (QED) is 0.208. The molecule has 10 heteroatoms. The first-order chi connectivity index (χ1) is 9.61. The van der Waals surface area contributed by atoms with Crippen molar-refractivity contribution in [2.45, 2.75) is 43.8 Å². The van der Waals surface area contributed by atoms with Crippen molar-refractivity contribution in [1.29, 1.82) is 0 Å². The maximum Gasteiger partial charge on any atom is 0.372 e. The third-order valence-corrected chi connectivity index (χ3v) is 2.72. The van der Waals surface area contributed by atoms with Crippen LogP contribution in [0, 0.1) is 0 Å². The van der Waals surface area contributed by atoms with Crippen LogP contribution in [0.5, 0.6) is 0 Å². The van der Waals surface area contributed by atoms with Gasteiger partial charge in [0.2, 0.25) is 11.7 Å². The molecule has 122 valence electrons. The van der Waals surface area contributed by atoms with E-state index in [1.54, 1.807) is 0 Å². The van der Waals surface area contributed by atoms with E-state index in [9.17, 15) is 34.8 Å². The maximum atomic E-state index is 11.0. The largest absolute Gasteiger partial charge is 0.475 e. The summed E-state index contributed by atoms with van der Waals surface area (Å²) in [7, 11) is 0. The zero-order chi connectivity index (χ0) is 16.7. The molecule has 0 aromatic heterocycles. The fourth-order valence-electron chi connectivity index (χ4n) is 1.60. The molecule has 0 aromatic rings. The van der Waals surface area contributed by atoms with Crippen LogP contribution in [-0.2, 0) is 14.4 Å². The van der Waals surface area contributed by atoms with Crippen LogP contribution in [0.1, 0.15) is 13.3 Å². The third-order valence-electron chi connectivity index (χ3n) is 2.72. The van der Waals surface area contributed by atoms with Gasteiger partial charge in [0.1, 0.15) is 18.3 Å². The number of ketones is 1. The van der Waals surface area contributed by atoms with Crippen LogP contribution in [0.2, 0.25) is 0 Å². The van der Waals surface area contributed by atoms with Gasteiger partial charge in [0.25, 0.3) is 0 Å². The van der Waals surface area contributed by atoms with E-state index in [1.807, 2.05) is 5.32 Å². The first-order valence-corrected chi connectivity index (χ1v) is 5.98. The Morgan fingerprint density at radius 3 is 1.90 bits per heavy atom. The lowest BCUT2D eigenvalue weighted by Gasteiger charge is -2.32. The van der Waals surface area contributed by atoms with Gasteiger partial charge in [0.05, 0.1) is 18.8 Å². The molecule has 1 amide bonds. The SMILES string of the molecule is CC(=O)N[C@@H]([C@H](O)[C@H](O)[C@@H](O)CO)[C@H](O)CC(=O)C(=O)O. The molecule has 0 unspecified atom stereocenters. The molecule has 7 N–H and O–H groups in total. The smallest absolute Gasteiger partial charge is 0.372 e. The highest BCUT2D eigenvalue weighted by Crippen LogP contribution is 2.11. The number of amides is 1. The molecular formula is C11H19NO9. The number of aliphatic carboxylic acids is 1. The van der Waals surface area contributed by atoms with Gasteiger partial charge in [-0.15, -0.1) is 0 Å². The number of carboxylic acid groups (broad SMARTS) is 1. The molecule has 0 saturated carbocycles. The Kier molecular flexibility index (Phi) is 7.99. The summed E-state index contributed by atoms with van der Waals surface area (Å²) in [6.45, 7) is 0.134. The van der Waals surface area contributed by atoms with E-state index in [2.05, 4.69) is 0 Å². The molecule has 0 bridgehead atoms. The molecule has 0 rings (SSSR count). The van der Waals surface area contributed by atoms with E-state index in [-0.39, 0.29) is 0 Å². The Hall–Kier alpha value is -1.59. The average molecular weight is 309 g/mol. The van der Waals surface area contributed by atoms with Crippen LogP contribution in [0.15, 0.2) is 0 Å². The summed E-state index contributed by atoms with van der Waals surface area (Å²) in [6.07, 6.45) is -8.35. The summed E-state index contributed by atoms with van der Waals surface area (Å²) in [4.78, 5) is 32.4. The zero-order valence-corrected chi connectivity index (χ0v) is 11.2. The molecule has 0 aromatic carbocycles. The van der Waals surface area contributed by atoms with E-state index in [0.717, 1.165) is 6.92 Å². The predicted octanol–water partition coefficient (Wildman–Crippen LogP) is -4.03. The van der Waals surface area contributed by atoms with Crippen molar-refractivity contribution in [2.75, 3.05) is 6.61 Å². The van der Waals surface area contributed by atoms with Crippen molar-refractivity contribution >= 4 is 17.7 Å². The molecule has 0 saturated heterocycles. The zero-order valence-electron chi connectivity index (χ0n) is 11.2.